The molecule has 0 radical (unpaired) electrons. The third-order valence-corrected chi connectivity index (χ3v) is 5.54. The number of carbonyl (C=O) groups is 2. The minimum Gasteiger partial charge on any atom is -0.492 e. The van der Waals surface area contributed by atoms with E-state index in [-0.39, 0.29) is 31.1 Å². The molecule has 2 amide bonds. The molecule has 7 heteroatoms. The molecule has 0 bridgehead atoms. The number of fused-ring (bicyclic) bond motifs is 1. The molecular weight excluding hydrogens is 366 g/mol. The van der Waals surface area contributed by atoms with Gasteiger partial charge in [-0.1, -0.05) is 35.5 Å². The van der Waals surface area contributed by atoms with Crippen LogP contribution in [0.15, 0.2) is 42.5 Å². The number of hydrogen-bond donors (Lipinski definition) is 0. The van der Waals surface area contributed by atoms with E-state index in [9.17, 15) is 9.59 Å². The summed E-state index contributed by atoms with van der Waals surface area (Å²) >= 11 is 1.07. The minimum atomic E-state index is -0.419. The molecule has 1 fully saturated rings. The molecule has 0 aliphatic carbocycles. The highest BCUT2D eigenvalue weighted by Gasteiger charge is 2.39. The van der Waals surface area contributed by atoms with E-state index < -0.39 is 5.25 Å². The van der Waals surface area contributed by atoms with Crippen molar-refractivity contribution in [2.75, 3.05) is 19.9 Å². The normalized spacial score (nSPS) is 18.3. The summed E-state index contributed by atoms with van der Waals surface area (Å²) in [6.45, 7) is 2.74. The van der Waals surface area contributed by atoms with Crippen LogP contribution in [0.25, 0.3) is 0 Å². The van der Waals surface area contributed by atoms with Crippen molar-refractivity contribution in [3.8, 4) is 17.2 Å². The van der Waals surface area contributed by atoms with Crippen LogP contribution in [-0.2, 0) is 11.2 Å². The number of hydrogen-bond acceptors (Lipinski definition) is 6. The second-order valence-electron chi connectivity index (χ2n) is 6.42. The highest BCUT2D eigenvalue weighted by Crippen LogP contribution is 2.35. The average molecular weight is 385 g/mol. The standard InChI is InChI=1S/C20H19NO5S/c1-13-2-5-15(6-3-13)24-9-8-21-19(22)18(27-20(21)23)11-14-4-7-16-17(10-14)26-12-25-16/h2-7,10,18H,8-9,11-12H2,1H3/t18-/m1/s1. The van der Waals surface area contributed by atoms with Crippen LogP contribution in [0, 0.1) is 6.92 Å². The van der Waals surface area contributed by atoms with Gasteiger partial charge in [-0.15, -0.1) is 0 Å². The topological polar surface area (TPSA) is 65.1 Å². The molecule has 2 aromatic rings. The summed E-state index contributed by atoms with van der Waals surface area (Å²) in [5.41, 5.74) is 2.09. The Hall–Kier alpha value is -2.67. The van der Waals surface area contributed by atoms with Crippen LogP contribution in [0.1, 0.15) is 11.1 Å². The van der Waals surface area contributed by atoms with E-state index in [1.165, 1.54) is 4.90 Å². The van der Waals surface area contributed by atoms with Crippen LogP contribution in [0.2, 0.25) is 0 Å². The monoisotopic (exact) mass is 385 g/mol. The summed E-state index contributed by atoms with van der Waals surface area (Å²) in [6, 6.07) is 13.3. The van der Waals surface area contributed by atoms with Gasteiger partial charge in [0.15, 0.2) is 11.5 Å². The van der Waals surface area contributed by atoms with E-state index in [1.807, 2.05) is 49.4 Å². The molecule has 0 spiro atoms. The molecule has 0 N–H and O–H groups in total. The quantitative estimate of drug-likeness (QED) is 0.759. The van der Waals surface area contributed by atoms with Crippen LogP contribution in [-0.4, -0.2) is 41.2 Å². The fourth-order valence-corrected chi connectivity index (χ4v) is 4.06. The number of nitrogens with zero attached hydrogens (tertiary/aromatic N) is 1. The van der Waals surface area contributed by atoms with Crippen molar-refractivity contribution in [3.05, 3.63) is 53.6 Å². The van der Waals surface area contributed by atoms with Crippen molar-refractivity contribution in [1.82, 2.24) is 4.90 Å². The second kappa shape index (κ2) is 7.52. The molecule has 4 rings (SSSR count). The van der Waals surface area contributed by atoms with Crippen molar-refractivity contribution >= 4 is 22.9 Å². The fourth-order valence-electron chi connectivity index (χ4n) is 3.00. The molecule has 0 aromatic heterocycles. The Kier molecular flexibility index (Phi) is 4.94. The summed E-state index contributed by atoms with van der Waals surface area (Å²) in [5, 5.41) is -0.643. The first-order chi connectivity index (χ1) is 13.1. The van der Waals surface area contributed by atoms with Gasteiger partial charge in [0.2, 0.25) is 12.7 Å². The summed E-state index contributed by atoms with van der Waals surface area (Å²) in [6.07, 6.45) is 0.473. The lowest BCUT2D eigenvalue weighted by Crippen LogP contribution is -2.35. The summed E-state index contributed by atoms with van der Waals surface area (Å²) in [5.74, 6) is 1.94. The molecule has 2 aliphatic rings. The van der Waals surface area contributed by atoms with Crippen LogP contribution < -0.4 is 14.2 Å². The summed E-state index contributed by atoms with van der Waals surface area (Å²) in [7, 11) is 0. The van der Waals surface area contributed by atoms with E-state index in [4.69, 9.17) is 14.2 Å². The van der Waals surface area contributed by atoms with Gasteiger partial charge >= 0.3 is 0 Å². The molecule has 6 nitrogen and oxygen atoms in total. The first-order valence-electron chi connectivity index (χ1n) is 8.70. The van der Waals surface area contributed by atoms with Gasteiger partial charge in [-0.3, -0.25) is 14.5 Å². The Balaban J connectivity index is 1.33. The van der Waals surface area contributed by atoms with Gasteiger partial charge in [0.1, 0.15) is 12.4 Å². The lowest BCUT2D eigenvalue weighted by molar-refractivity contribution is -0.126. The number of aryl methyl sites for hydroxylation is 1. The third-order valence-electron chi connectivity index (χ3n) is 4.47. The van der Waals surface area contributed by atoms with Gasteiger partial charge in [-0.05, 0) is 43.2 Å². The predicted octanol–water partition coefficient (Wildman–Crippen LogP) is 3.41. The third kappa shape index (κ3) is 3.88. The second-order valence-corrected chi connectivity index (χ2v) is 7.57. The van der Waals surface area contributed by atoms with E-state index in [2.05, 4.69) is 0 Å². The van der Waals surface area contributed by atoms with Crippen molar-refractivity contribution in [2.45, 2.75) is 18.6 Å². The minimum absolute atomic E-state index is 0.171. The summed E-state index contributed by atoms with van der Waals surface area (Å²) in [4.78, 5) is 26.1. The molecule has 0 saturated carbocycles. The zero-order valence-corrected chi connectivity index (χ0v) is 15.7. The highest BCUT2D eigenvalue weighted by atomic mass is 32.2. The van der Waals surface area contributed by atoms with E-state index in [1.54, 1.807) is 0 Å². The van der Waals surface area contributed by atoms with Crippen molar-refractivity contribution < 1.29 is 23.8 Å². The zero-order chi connectivity index (χ0) is 18.8. The average Bonchev–Trinajstić information content (AvgIpc) is 3.22. The lowest BCUT2D eigenvalue weighted by atomic mass is 10.1. The van der Waals surface area contributed by atoms with Gasteiger partial charge in [-0.2, -0.15) is 0 Å². The van der Waals surface area contributed by atoms with Crippen LogP contribution in [0.5, 0.6) is 17.2 Å². The van der Waals surface area contributed by atoms with Crippen molar-refractivity contribution in [1.29, 1.82) is 0 Å². The molecule has 27 heavy (non-hydrogen) atoms. The Morgan fingerprint density at radius 2 is 1.89 bits per heavy atom. The fraction of sp³-hybridized carbons (Fsp3) is 0.300. The van der Waals surface area contributed by atoms with Gasteiger partial charge in [0, 0.05) is 0 Å². The highest BCUT2D eigenvalue weighted by molar-refractivity contribution is 8.15. The van der Waals surface area contributed by atoms with Gasteiger partial charge < -0.3 is 14.2 Å². The molecule has 1 atom stereocenters. The number of rotatable bonds is 6. The molecule has 2 heterocycles. The van der Waals surface area contributed by atoms with E-state index in [0.717, 1.165) is 28.6 Å². The smallest absolute Gasteiger partial charge is 0.289 e. The van der Waals surface area contributed by atoms with Crippen LogP contribution >= 0.6 is 11.8 Å². The van der Waals surface area contributed by atoms with Crippen molar-refractivity contribution in [2.24, 2.45) is 0 Å². The molecule has 1 saturated heterocycles. The number of ether oxygens (including phenoxy) is 3. The molecule has 0 unspecified atom stereocenters. The zero-order valence-electron chi connectivity index (χ0n) is 14.8. The van der Waals surface area contributed by atoms with Crippen LogP contribution in [0.3, 0.4) is 0 Å². The van der Waals surface area contributed by atoms with Crippen LogP contribution in [0.4, 0.5) is 4.79 Å². The Morgan fingerprint density at radius 1 is 1.11 bits per heavy atom. The van der Waals surface area contributed by atoms with Crippen molar-refractivity contribution in [3.63, 3.8) is 0 Å². The first kappa shape index (κ1) is 17.7. The molecule has 140 valence electrons. The number of thioether (sulfide) groups is 1. The van der Waals surface area contributed by atoms with E-state index in [0.29, 0.717) is 17.9 Å². The number of amides is 2. The maximum absolute atomic E-state index is 12.6. The maximum Gasteiger partial charge on any atom is 0.289 e. The molecule has 2 aliphatic heterocycles. The Labute approximate surface area is 161 Å². The predicted molar refractivity (Wildman–Crippen MR) is 101 cm³/mol. The number of imide groups is 1. The maximum atomic E-state index is 12.6. The molecular formula is C20H19NO5S. The van der Waals surface area contributed by atoms with E-state index >= 15 is 0 Å². The SMILES string of the molecule is Cc1ccc(OCCN2C(=O)S[C@H](Cc3ccc4c(c3)OCO4)C2=O)cc1. The first-order valence-corrected chi connectivity index (χ1v) is 9.58. The summed E-state index contributed by atoms with van der Waals surface area (Å²) < 4.78 is 16.3. The lowest BCUT2D eigenvalue weighted by Gasteiger charge is -2.14. The van der Waals surface area contributed by atoms with Gasteiger partial charge in [-0.25, -0.2) is 0 Å². The molecule has 2 aromatic carbocycles. The van der Waals surface area contributed by atoms with Gasteiger partial charge in [0.05, 0.1) is 11.8 Å². The largest absolute Gasteiger partial charge is 0.492 e. The Bertz CT molecular complexity index is 867. The number of benzene rings is 2. The number of carbonyl (C=O) groups excluding carboxylic acids is 2. The Morgan fingerprint density at radius 3 is 2.70 bits per heavy atom. The van der Waals surface area contributed by atoms with Gasteiger partial charge in [0.25, 0.3) is 5.24 Å².